The predicted molar refractivity (Wildman–Crippen MR) is 69.6 cm³/mol. The maximum absolute atomic E-state index is 4.33. The molecule has 0 aliphatic heterocycles. The van der Waals surface area contributed by atoms with Gasteiger partial charge in [0.15, 0.2) is 0 Å². The summed E-state index contributed by atoms with van der Waals surface area (Å²) in [6.45, 7) is 6.69. The molecule has 1 nitrogen and oxygen atoms in total. The van der Waals surface area contributed by atoms with Crippen molar-refractivity contribution in [2.75, 3.05) is 0 Å². The summed E-state index contributed by atoms with van der Waals surface area (Å²) in [5, 5.41) is 2.63. The lowest BCUT2D eigenvalue weighted by atomic mass is 9.96. The van der Waals surface area contributed by atoms with Gasteiger partial charge >= 0.3 is 0 Å². The molecule has 0 N–H and O–H groups in total. The third-order valence-electron chi connectivity index (χ3n) is 3.26. The highest BCUT2D eigenvalue weighted by Gasteiger charge is 2.05. The lowest BCUT2D eigenvalue weighted by molar-refractivity contribution is 0.561. The van der Waals surface area contributed by atoms with Crippen LogP contribution in [0.3, 0.4) is 0 Å². The van der Waals surface area contributed by atoms with E-state index in [0.717, 1.165) is 12.3 Å². The molecule has 2 rings (SSSR count). The molecule has 0 saturated carbocycles. The van der Waals surface area contributed by atoms with Crippen LogP contribution < -0.4 is 0 Å². The van der Waals surface area contributed by atoms with Gasteiger partial charge in [-0.1, -0.05) is 44.0 Å². The zero-order valence-electron chi connectivity index (χ0n) is 10.3. The second kappa shape index (κ2) is 4.65. The largest absolute Gasteiger partial charge is 0.264 e. The van der Waals surface area contributed by atoms with Crippen molar-refractivity contribution >= 4 is 10.8 Å². The number of hydrogen-bond donors (Lipinski definition) is 0. The molecular formula is C15H19N. The maximum atomic E-state index is 4.33. The van der Waals surface area contributed by atoms with Crippen LogP contribution in [0.5, 0.6) is 0 Å². The molecule has 0 aliphatic rings. The van der Waals surface area contributed by atoms with Crippen LogP contribution in [-0.4, -0.2) is 4.98 Å². The summed E-state index contributed by atoms with van der Waals surface area (Å²) in [6.07, 6.45) is 6.33. The van der Waals surface area contributed by atoms with Gasteiger partial charge in [0.1, 0.15) is 0 Å². The van der Waals surface area contributed by atoms with Crippen LogP contribution in [-0.2, 0) is 6.42 Å². The summed E-state index contributed by atoms with van der Waals surface area (Å²) in [7, 11) is 0. The molecule has 1 atom stereocenters. The fraction of sp³-hybridized carbons (Fsp3) is 0.400. The molecule has 1 heteroatoms. The lowest BCUT2D eigenvalue weighted by Crippen LogP contribution is -1.99. The van der Waals surface area contributed by atoms with E-state index in [1.165, 1.54) is 28.3 Å². The maximum Gasteiger partial charge on any atom is 0.0346 e. The molecule has 0 fully saturated rings. The molecule has 1 aromatic carbocycles. The van der Waals surface area contributed by atoms with Crippen LogP contribution >= 0.6 is 0 Å². The van der Waals surface area contributed by atoms with E-state index in [4.69, 9.17) is 0 Å². The van der Waals surface area contributed by atoms with E-state index in [1.807, 2.05) is 12.4 Å². The van der Waals surface area contributed by atoms with E-state index in [2.05, 4.69) is 44.0 Å². The van der Waals surface area contributed by atoms with Crippen molar-refractivity contribution in [3.8, 4) is 0 Å². The Balaban J connectivity index is 2.47. The first-order valence-corrected chi connectivity index (χ1v) is 6.04. The summed E-state index contributed by atoms with van der Waals surface area (Å²) in [6, 6.07) is 6.59. The number of nitrogens with zero attached hydrogens (tertiary/aromatic N) is 1. The first-order chi connectivity index (χ1) is 7.70. The smallest absolute Gasteiger partial charge is 0.0346 e. The SMILES string of the molecule is CC[C@@H](C)Cc1cncc2ccc(C)cc12. The Bertz CT molecular complexity index is 488. The normalized spacial score (nSPS) is 12.9. The van der Waals surface area contributed by atoms with E-state index in [0.29, 0.717) is 0 Å². The van der Waals surface area contributed by atoms with Gasteiger partial charge in [-0.2, -0.15) is 0 Å². The van der Waals surface area contributed by atoms with Gasteiger partial charge in [0.25, 0.3) is 0 Å². The minimum absolute atomic E-state index is 0.730. The fourth-order valence-electron chi connectivity index (χ4n) is 2.02. The molecule has 0 unspecified atom stereocenters. The Morgan fingerprint density at radius 3 is 2.81 bits per heavy atom. The first-order valence-electron chi connectivity index (χ1n) is 6.04. The Kier molecular flexibility index (Phi) is 3.23. The third kappa shape index (κ3) is 2.24. The summed E-state index contributed by atoms with van der Waals surface area (Å²) < 4.78 is 0. The second-order valence-electron chi connectivity index (χ2n) is 4.74. The van der Waals surface area contributed by atoms with Gasteiger partial charge in [-0.15, -0.1) is 0 Å². The topological polar surface area (TPSA) is 12.9 Å². The van der Waals surface area contributed by atoms with E-state index in [1.54, 1.807) is 0 Å². The van der Waals surface area contributed by atoms with Crippen molar-refractivity contribution in [2.24, 2.45) is 5.92 Å². The average molecular weight is 213 g/mol. The molecule has 0 bridgehead atoms. The molecule has 0 radical (unpaired) electrons. The molecule has 0 spiro atoms. The number of benzene rings is 1. The van der Waals surface area contributed by atoms with E-state index in [9.17, 15) is 0 Å². The number of aryl methyl sites for hydroxylation is 1. The van der Waals surface area contributed by atoms with Gasteiger partial charge in [-0.05, 0) is 30.2 Å². The van der Waals surface area contributed by atoms with Gasteiger partial charge < -0.3 is 0 Å². The molecule has 1 aromatic heterocycles. The predicted octanol–water partition coefficient (Wildman–Crippen LogP) is 4.13. The van der Waals surface area contributed by atoms with E-state index < -0.39 is 0 Å². The third-order valence-corrected chi connectivity index (χ3v) is 3.26. The van der Waals surface area contributed by atoms with Crippen LogP contribution in [0.4, 0.5) is 0 Å². The number of fused-ring (bicyclic) bond motifs is 1. The van der Waals surface area contributed by atoms with Gasteiger partial charge in [0.05, 0.1) is 0 Å². The molecule has 2 aromatic rings. The number of pyridine rings is 1. The first kappa shape index (κ1) is 11.1. The van der Waals surface area contributed by atoms with Gasteiger partial charge in [0, 0.05) is 17.8 Å². The van der Waals surface area contributed by atoms with Crippen molar-refractivity contribution in [2.45, 2.75) is 33.6 Å². The monoisotopic (exact) mass is 213 g/mol. The highest BCUT2D eigenvalue weighted by molar-refractivity contribution is 5.85. The lowest BCUT2D eigenvalue weighted by Gasteiger charge is -2.11. The standard InChI is InChI=1S/C15H19N/c1-4-11(2)7-14-10-16-9-13-6-5-12(3)8-15(13)14/h5-6,8-11H,4,7H2,1-3H3/t11-/m1/s1. The van der Waals surface area contributed by atoms with Crippen LogP contribution in [0.2, 0.25) is 0 Å². The molecule has 0 amide bonds. The minimum Gasteiger partial charge on any atom is -0.264 e. The van der Waals surface area contributed by atoms with Crippen molar-refractivity contribution in [1.29, 1.82) is 0 Å². The quantitative estimate of drug-likeness (QED) is 0.747. The molecule has 0 saturated heterocycles. The fourth-order valence-corrected chi connectivity index (χ4v) is 2.02. The second-order valence-corrected chi connectivity index (χ2v) is 4.74. The molecular weight excluding hydrogens is 194 g/mol. The summed E-state index contributed by atoms with van der Waals surface area (Å²) in [5.41, 5.74) is 2.71. The van der Waals surface area contributed by atoms with Gasteiger partial charge in [-0.25, -0.2) is 0 Å². The zero-order valence-corrected chi connectivity index (χ0v) is 10.3. The number of aromatic nitrogens is 1. The van der Waals surface area contributed by atoms with Crippen molar-refractivity contribution in [3.05, 3.63) is 41.7 Å². The summed E-state index contributed by atoms with van der Waals surface area (Å²) in [5.74, 6) is 0.730. The van der Waals surface area contributed by atoms with Crippen LogP contribution in [0, 0.1) is 12.8 Å². The Morgan fingerprint density at radius 2 is 2.06 bits per heavy atom. The molecule has 1 heterocycles. The Labute approximate surface area is 97.5 Å². The highest BCUT2D eigenvalue weighted by Crippen LogP contribution is 2.22. The average Bonchev–Trinajstić information content (AvgIpc) is 2.29. The summed E-state index contributed by atoms with van der Waals surface area (Å²) in [4.78, 5) is 4.33. The molecule has 84 valence electrons. The van der Waals surface area contributed by atoms with E-state index in [-0.39, 0.29) is 0 Å². The molecule has 16 heavy (non-hydrogen) atoms. The number of rotatable bonds is 3. The van der Waals surface area contributed by atoms with Gasteiger partial charge in [-0.3, -0.25) is 4.98 Å². The summed E-state index contributed by atoms with van der Waals surface area (Å²) >= 11 is 0. The zero-order chi connectivity index (χ0) is 11.5. The van der Waals surface area contributed by atoms with Crippen LogP contribution in [0.1, 0.15) is 31.4 Å². The van der Waals surface area contributed by atoms with Crippen molar-refractivity contribution < 1.29 is 0 Å². The minimum atomic E-state index is 0.730. The van der Waals surface area contributed by atoms with Gasteiger partial charge in [0.2, 0.25) is 0 Å². The van der Waals surface area contributed by atoms with Crippen LogP contribution in [0.15, 0.2) is 30.6 Å². The molecule has 0 aliphatic carbocycles. The Hall–Kier alpha value is -1.37. The Morgan fingerprint density at radius 1 is 1.25 bits per heavy atom. The number of hydrogen-bond acceptors (Lipinski definition) is 1. The van der Waals surface area contributed by atoms with E-state index >= 15 is 0 Å². The van der Waals surface area contributed by atoms with Crippen molar-refractivity contribution in [3.63, 3.8) is 0 Å². The van der Waals surface area contributed by atoms with Crippen molar-refractivity contribution in [1.82, 2.24) is 4.98 Å². The highest BCUT2D eigenvalue weighted by atomic mass is 14.6. The van der Waals surface area contributed by atoms with Crippen LogP contribution in [0.25, 0.3) is 10.8 Å².